The summed E-state index contributed by atoms with van der Waals surface area (Å²) in [4.78, 5) is 24.3. The molecule has 2 aromatic carbocycles. The van der Waals surface area contributed by atoms with Crippen LogP contribution in [-0.2, 0) is 4.79 Å². The third-order valence-corrected chi connectivity index (χ3v) is 4.67. The van der Waals surface area contributed by atoms with E-state index in [0.29, 0.717) is 33.3 Å². The minimum absolute atomic E-state index is 0.314. The Bertz CT molecular complexity index is 828. The number of carbonyl (C=O) groups is 2. The van der Waals surface area contributed by atoms with Crippen LogP contribution in [0.4, 0.5) is 5.69 Å². The zero-order valence-corrected chi connectivity index (χ0v) is 17.2. The predicted molar refractivity (Wildman–Crippen MR) is 119 cm³/mol. The molecule has 2 rings (SSSR count). The molecule has 142 valence electrons. The fraction of sp³-hybridized carbons (Fsp3) is 0.211. The molecule has 0 saturated heterocycles. The van der Waals surface area contributed by atoms with Gasteiger partial charge in [0.1, 0.15) is 10.4 Å². The Morgan fingerprint density at radius 3 is 2.52 bits per heavy atom. The van der Waals surface area contributed by atoms with E-state index in [1.54, 1.807) is 18.2 Å². The monoisotopic (exact) mass is 420 g/mol. The van der Waals surface area contributed by atoms with Crippen LogP contribution in [0.1, 0.15) is 16.8 Å². The normalized spacial score (nSPS) is 11.5. The van der Waals surface area contributed by atoms with E-state index in [4.69, 9.17) is 12.2 Å². The fourth-order valence-corrected chi connectivity index (χ4v) is 3.25. The lowest BCUT2D eigenvalue weighted by atomic mass is 9.98. The highest BCUT2D eigenvalue weighted by Crippen LogP contribution is 2.27. The van der Waals surface area contributed by atoms with Gasteiger partial charge in [0, 0.05) is 11.3 Å². The number of carbonyl (C=O) groups excluding carboxylic acids is 1. The SMILES string of the molecule is CSCCC(NC(=O)c1ccc(NC(=S)S)cc1-c1ccccc1)C(=O)O. The number of hydrogen-bond acceptors (Lipinski definition) is 4. The molecule has 0 aliphatic heterocycles. The number of thiocarbonyl (C=S) groups is 1. The summed E-state index contributed by atoms with van der Waals surface area (Å²) in [6, 6.07) is 13.6. The molecule has 0 bridgehead atoms. The number of aliphatic carboxylic acids is 1. The lowest BCUT2D eigenvalue weighted by Gasteiger charge is -2.17. The molecule has 1 unspecified atom stereocenters. The molecule has 1 amide bonds. The van der Waals surface area contributed by atoms with Crippen molar-refractivity contribution in [1.82, 2.24) is 5.32 Å². The van der Waals surface area contributed by atoms with Gasteiger partial charge in [-0.15, -0.1) is 12.6 Å². The van der Waals surface area contributed by atoms with Crippen LogP contribution >= 0.6 is 36.6 Å². The van der Waals surface area contributed by atoms with Crippen LogP contribution < -0.4 is 10.6 Å². The summed E-state index contributed by atoms with van der Waals surface area (Å²) in [6.45, 7) is 0. The largest absolute Gasteiger partial charge is 0.480 e. The summed E-state index contributed by atoms with van der Waals surface area (Å²) in [5, 5.41) is 14.9. The second kappa shape index (κ2) is 10.3. The van der Waals surface area contributed by atoms with Gasteiger partial charge >= 0.3 is 5.97 Å². The summed E-state index contributed by atoms with van der Waals surface area (Å²) in [5.41, 5.74) is 2.61. The van der Waals surface area contributed by atoms with Crippen LogP contribution in [0.15, 0.2) is 48.5 Å². The molecule has 1 atom stereocenters. The fourth-order valence-electron chi connectivity index (χ4n) is 2.53. The molecule has 0 radical (unpaired) electrons. The van der Waals surface area contributed by atoms with E-state index in [9.17, 15) is 14.7 Å². The van der Waals surface area contributed by atoms with Crippen LogP contribution in [0, 0.1) is 0 Å². The van der Waals surface area contributed by atoms with Crippen molar-refractivity contribution in [3.63, 3.8) is 0 Å². The van der Waals surface area contributed by atoms with Gasteiger partial charge in [-0.3, -0.25) is 4.79 Å². The first-order valence-corrected chi connectivity index (χ1v) is 10.4. The van der Waals surface area contributed by atoms with Crippen molar-refractivity contribution in [2.45, 2.75) is 12.5 Å². The van der Waals surface area contributed by atoms with Gasteiger partial charge in [-0.2, -0.15) is 11.8 Å². The van der Waals surface area contributed by atoms with Gasteiger partial charge in [-0.1, -0.05) is 42.5 Å². The first-order chi connectivity index (χ1) is 12.9. The number of benzene rings is 2. The molecule has 0 aliphatic carbocycles. The lowest BCUT2D eigenvalue weighted by molar-refractivity contribution is -0.139. The van der Waals surface area contributed by atoms with Crippen molar-refractivity contribution in [2.75, 3.05) is 17.3 Å². The first-order valence-electron chi connectivity index (χ1n) is 8.14. The smallest absolute Gasteiger partial charge is 0.326 e. The second-order valence-corrected chi connectivity index (χ2v) is 7.85. The zero-order chi connectivity index (χ0) is 19.8. The number of rotatable bonds is 8. The lowest BCUT2D eigenvalue weighted by Crippen LogP contribution is -2.41. The quantitative estimate of drug-likeness (QED) is 0.383. The summed E-state index contributed by atoms with van der Waals surface area (Å²) < 4.78 is 0.314. The van der Waals surface area contributed by atoms with E-state index in [0.717, 1.165) is 5.56 Å². The Kier molecular flexibility index (Phi) is 8.15. The van der Waals surface area contributed by atoms with Crippen LogP contribution in [-0.4, -0.2) is 39.4 Å². The van der Waals surface area contributed by atoms with E-state index >= 15 is 0 Å². The molecular weight excluding hydrogens is 400 g/mol. The van der Waals surface area contributed by atoms with E-state index < -0.39 is 17.9 Å². The molecule has 27 heavy (non-hydrogen) atoms. The number of hydrogen-bond donors (Lipinski definition) is 4. The molecule has 0 aromatic heterocycles. The number of thioether (sulfide) groups is 1. The van der Waals surface area contributed by atoms with E-state index in [1.165, 1.54) is 11.8 Å². The molecule has 0 fully saturated rings. The summed E-state index contributed by atoms with van der Waals surface area (Å²) >= 11 is 10.6. The highest BCUT2D eigenvalue weighted by Gasteiger charge is 2.22. The minimum atomic E-state index is -1.04. The number of thiol groups is 1. The molecule has 0 spiro atoms. The van der Waals surface area contributed by atoms with Gasteiger partial charge in [-0.05, 0) is 47.8 Å². The summed E-state index contributed by atoms with van der Waals surface area (Å²) in [7, 11) is 0. The third kappa shape index (κ3) is 6.27. The molecule has 0 saturated carbocycles. The highest BCUT2D eigenvalue weighted by molar-refractivity contribution is 8.11. The van der Waals surface area contributed by atoms with Gasteiger partial charge < -0.3 is 15.7 Å². The number of nitrogens with one attached hydrogen (secondary N) is 2. The van der Waals surface area contributed by atoms with Gasteiger partial charge in [0.25, 0.3) is 5.91 Å². The second-order valence-electron chi connectivity index (χ2n) is 5.70. The van der Waals surface area contributed by atoms with Crippen molar-refractivity contribution in [1.29, 1.82) is 0 Å². The van der Waals surface area contributed by atoms with E-state index in [1.807, 2.05) is 36.6 Å². The minimum Gasteiger partial charge on any atom is -0.480 e. The predicted octanol–water partition coefficient (Wildman–Crippen LogP) is 3.92. The van der Waals surface area contributed by atoms with Gasteiger partial charge in [0.15, 0.2) is 0 Å². The van der Waals surface area contributed by atoms with Crippen LogP contribution in [0.3, 0.4) is 0 Å². The van der Waals surface area contributed by atoms with Crippen molar-refractivity contribution < 1.29 is 14.7 Å². The van der Waals surface area contributed by atoms with Crippen molar-refractivity contribution in [3.8, 4) is 11.1 Å². The third-order valence-electron chi connectivity index (χ3n) is 3.81. The Balaban J connectivity index is 2.37. The van der Waals surface area contributed by atoms with Crippen LogP contribution in [0.25, 0.3) is 11.1 Å². The van der Waals surface area contributed by atoms with Gasteiger partial charge in [0.2, 0.25) is 0 Å². The average molecular weight is 421 g/mol. The van der Waals surface area contributed by atoms with Gasteiger partial charge in [0.05, 0.1) is 0 Å². The number of carboxylic acids is 1. The van der Waals surface area contributed by atoms with Crippen molar-refractivity contribution in [3.05, 3.63) is 54.1 Å². The number of carboxylic acid groups (broad SMARTS) is 1. The number of anilines is 1. The maximum atomic E-state index is 12.8. The Labute approximate surface area is 173 Å². The molecule has 2 aromatic rings. The molecular formula is C19H20N2O3S3. The Hall–Kier alpha value is -2.03. The maximum absolute atomic E-state index is 12.8. The Morgan fingerprint density at radius 1 is 1.22 bits per heavy atom. The highest BCUT2D eigenvalue weighted by atomic mass is 32.2. The van der Waals surface area contributed by atoms with Crippen molar-refractivity contribution >= 4 is 58.5 Å². The topological polar surface area (TPSA) is 78.4 Å². The average Bonchev–Trinajstić information content (AvgIpc) is 2.64. The zero-order valence-electron chi connectivity index (χ0n) is 14.6. The molecule has 5 nitrogen and oxygen atoms in total. The number of amides is 1. The Morgan fingerprint density at radius 2 is 1.93 bits per heavy atom. The van der Waals surface area contributed by atoms with E-state index in [-0.39, 0.29) is 0 Å². The molecule has 0 heterocycles. The molecule has 8 heteroatoms. The molecule has 3 N–H and O–H groups in total. The summed E-state index contributed by atoms with van der Waals surface area (Å²) in [5.74, 6) is -0.829. The van der Waals surface area contributed by atoms with Gasteiger partial charge in [-0.25, -0.2) is 4.79 Å². The maximum Gasteiger partial charge on any atom is 0.326 e. The van der Waals surface area contributed by atoms with Crippen LogP contribution in [0.2, 0.25) is 0 Å². The van der Waals surface area contributed by atoms with E-state index in [2.05, 4.69) is 23.3 Å². The first kappa shape index (κ1) is 21.3. The summed E-state index contributed by atoms with van der Waals surface area (Å²) in [6.07, 6.45) is 2.25. The standard InChI is InChI=1S/C19H20N2O3S3/c1-27-10-9-16(18(23)24)21-17(22)14-8-7-13(20-19(25)26)11-15(14)12-5-3-2-4-6-12/h2-8,11,16H,9-10H2,1H3,(H,21,22)(H,23,24)(H2,20,25,26). The van der Waals surface area contributed by atoms with Crippen LogP contribution in [0.5, 0.6) is 0 Å². The van der Waals surface area contributed by atoms with Crippen molar-refractivity contribution in [2.24, 2.45) is 0 Å². The molecule has 0 aliphatic rings.